The average Bonchev–Trinajstić information content (AvgIpc) is 2.65. The van der Waals surface area contributed by atoms with Gasteiger partial charge in [-0.3, -0.25) is 18.7 Å². The van der Waals surface area contributed by atoms with Crippen LogP contribution in [0.1, 0.15) is 12.5 Å². The molecule has 0 aliphatic rings. The van der Waals surface area contributed by atoms with Gasteiger partial charge in [0.1, 0.15) is 6.54 Å². The number of aryl methyl sites for hydroxylation is 1. The summed E-state index contributed by atoms with van der Waals surface area (Å²) in [5.74, 6) is -0.781. The fraction of sp³-hybridized carbons (Fsp3) is 0.211. The first-order chi connectivity index (χ1) is 13.2. The quantitative estimate of drug-likeness (QED) is 0.743. The van der Waals surface area contributed by atoms with Gasteiger partial charge in [0.05, 0.1) is 16.5 Å². The molecule has 9 heteroatoms. The Morgan fingerprint density at radius 1 is 1.04 bits per heavy atom. The van der Waals surface area contributed by atoms with Crippen molar-refractivity contribution in [3.8, 4) is 0 Å². The van der Waals surface area contributed by atoms with Crippen molar-refractivity contribution in [1.29, 1.82) is 0 Å². The number of para-hydroxylation sites is 1. The lowest BCUT2D eigenvalue weighted by atomic mass is 10.2. The minimum Gasteiger partial charge on any atom is -0.325 e. The van der Waals surface area contributed by atoms with Gasteiger partial charge in [-0.05, 0) is 37.3 Å². The van der Waals surface area contributed by atoms with Crippen LogP contribution in [-0.2, 0) is 24.1 Å². The molecule has 0 unspecified atom stereocenters. The number of fused-ring (bicyclic) bond motifs is 1. The van der Waals surface area contributed by atoms with E-state index in [2.05, 4.69) is 5.32 Å². The van der Waals surface area contributed by atoms with E-state index in [1.807, 2.05) is 0 Å². The number of hydrogen-bond donors (Lipinski definition) is 1. The molecule has 3 rings (SSSR count). The molecule has 0 aliphatic carbocycles. The molecule has 28 heavy (non-hydrogen) atoms. The number of aromatic nitrogens is 2. The number of hydrogen-bond acceptors (Lipinski definition) is 3. The number of carbonyl (C=O) groups is 1. The van der Waals surface area contributed by atoms with E-state index in [9.17, 15) is 27.6 Å². The van der Waals surface area contributed by atoms with Gasteiger partial charge in [0.15, 0.2) is 0 Å². The maximum Gasteiger partial charge on any atom is 0.416 e. The Bertz CT molecular complexity index is 1160. The molecule has 0 radical (unpaired) electrons. The van der Waals surface area contributed by atoms with E-state index in [4.69, 9.17) is 0 Å². The Balaban J connectivity index is 1.94. The van der Waals surface area contributed by atoms with Gasteiger partial charge in [0, 0.05) is 12.2 Å². The third-order valence-electron chi connectivity index (χ3n) is 4.22. The Hall–Kier alpha value is -3.36. The highest BCUT2D eigenvalue weighted by Crippen LogP contribution is 2.30. The SMILES string of the molecule is CCn1c(=O)n(CC(=O)Nc2cccc(C(F)(F)F)c2)c(=O)c2ccccc21. The predicted molar refractivity (Wildman–Crippen MR) is 98.2 cm³/mol. The highest BCUT2D eigenvalue weighted by molar-refractivity contribution is 5.90. The number of benzene rings is 2. The zero-order valence-corrected chi connectivity index (χ0v) is 14.8. The maximum atomic E-state index is 12.8. The smallest absolute Gasteiger partial charge is 0.325 e. The minimum absolute atomic E-state index is 0.0792. The first-order valence-corrected chi connectivity index (χ1v) is 8.42. The van der Waals surface area contributed by atoms with Gasteiger partial charge in [0.2, 0.25) is 5.91 Å². The van der Waals surface area contributed by atoms with E-state index in [0.29, 0.717) is 5.52 Å². The predicted octanol–water partition coefficient (Wildman–Crippen LogP) is 2.84. The molecular weight excluding hydrogens is 375 g/mol. The van der Waals surface area contributed by atoms with E-state index in [0.717, 1.165) is 22.8 Å². The van der Waals surface area contributed by atoms with Gasteiger partial charge < -0.3 is 5.32 Å². The van der Waals surface area contributed by atoms with E-state index in [1.54, 1.807) is 31.2 Å². The number of nitrogens with one attached hydrogen (secondary N) is 1. The minimum atomic E-state index is -4.55. The van der Waals surface area contributed by atoms with E-state index in [1.165, 1.54) is 10.6 Å². The van der Waals surface area contributed by atoms with Crippen LogP contribution >= 0.6 is 0 Å². The summed E-state index contributed by atoms with van der Waals surface area (Å²) in [6.45, 7) is 1.40. The van der Waals surface area contributed by atoms with Crippen LogP contribution < -0.4 is 16.6 Å². The summed E-state index contributed by atoms with van der Waals surface area (Å²) < 4.78 is 40.5. The summed E-state index contributed by atoms with van der Waals surface area (Å²) in [6.07, 6.45) is -4.55. The van der Waals surface area contributed by atoms with Gasteiger partial charge >= 0.3 is 11.9 Å². The zero-order chi connectivity index (χ0) is 20.5. The van der Waals surface area contributed by atoms with Crippen LogP contribution in [0.4, 0.5) is 18.9 Å². The molecule has 0 bridgehead atoms. The van der Waals surface area contributed by atoms with Gasteiger partial charge in [0.25, 0.3) is 5.56 Å². The van der Waals surface area contributed by atoms with Crippen LogP contribution in [0.15, 0.2) is 58.1 Å². The molecule has 0 saturated heterocycles. The lowest BCUT2D eigenvalue weighted by molar-refractivity contribution is -0.137. The van der Waals surface area contributed by atoms with E-state index in [-0.39, 0.29) is 17.6 Å². The van der Waals surface area contributed by atoms with Crippen LogP contribution in [0.2, 0.25) is 0 Å². The molecule has 1 aromatic heterocycles. The molecule has 0 fully saturated rings. The molecule has 146 valence electrons. The fourth-order valence-corrected chi connectivity index (χ4v) is 2.93. The molecule has 1 amide bonds. The highest BCUT2D eigenvalue weighted by atomic mass is 19.4. The van der Waals surface area contributed by atoms with Crippen molar-refractivity contribution in [2.24, 2.45) is 0 Å². The summed E-state index contributed by atoms with van der Waals surface area (Å²) in [5.41, 5.74) is -1.84. The summed E-state index contributed by atoms with van der Waals surface area (Å²) in [5, 5.41) is 2.57. The standard InChI is InChI=1S/C19H16F3N3O3/c1-2-24-15-9-4-3-8-14(15)17(27)25(18(24)28)11-16(26)23-13-7-5-6-12(10-13)19(20,21)22/h3-10H,2,11H2,1H3,(H,23,26). The van der Waals surface area contributed by atoms with Crippen molar-refractivity contribution < 1.29 is 18.0 Å². The van der Waals surface area contributed by atoms with Crippen molar-refractivity contribution in [2.75, 3.05) is 5.32 Å². The maximum absolute atomic E-state index is 12.8. The summed E-state index contributed by atoms with van der Waals surface area (Å²) >= 11 is 0. The normalized spacial score (nSPS) is 11.6. The number of carbonyl (C=O) groups excluding carboxylic acids is 1. The summed E-state index contributed by atoms with van der Waals surface area (Å²) in [4.78, 5) is 37.5. The van der Waals surface area contributed by atoms with Crippen LogP contribution in [0.3, 0.4) is 0 Å². The largest absolute Gasteiger partial charge is 0.416 e. The highest BCUT2D eigenvalue weighted by Gasteiger charge is 2.30. The van der Waals surface area contributed by atoms with Crippen molar-refractivity contribution in [2.45, 2.75) is 26.2 Å². The van der Waals surface area contributed by atoms with Gasteiger partial charge in [-0.15, -0.1) is 0 Å². The molecule has 0 spiro atoms. The van der Waals surface area contributed by atoms with Gasteiger partial charge in [-0.2, -0.15) is 13.2 Å². The Morgan fingerprint density at radius 2 is 1.75 bits per heavy atom. The van der Waals surface area contributed by atoms with E-state index < -0.39 is 35.4 Å². The van der Waals surface area contributed by atoms with Crippen molar-refractivity contribution in [3.05, 3.63) is 74.9 Å². The van der Waals surface area contributed by atoms with Gasteiger partial charge in [-0.1, -0.05) is 18.2 Å². The molecule has 0 aliphatic heterocycles. The van der Waals surface area contributed by atoms with Crippen molar-refractivity contribution in [1.82, 2.24) is 9.13 Å². The lowest BCUT2D eigenvalue weighted by Crippen LogP contribution is -2.42. The lowest BCUT2D eigenvalue weighted by Gasteiger charge is -2.13. The van der Waals surface area contributed by atoms with Crippen LogP contribution in [0, 0.1) is 0 Å². The van der Waals surface area contributed by atoms with E-state index >= 15 is 0 Å². The first-order valence-electron chi connectivity index (χ1n) is 8.42. The van der Waals surface area contributed by atoms with Crippen molar-refractivity contribution >= 4 is 22.5 Å². The second kappa shape index (κ2) is 7.34. The summed E-state index contributed by atoms with van der Waals surface area (Å²) in [7, 11) is 0. The number of nitrogens with zero attached hydrogens (tertiary/aromatic N) is 2. The zero-order valence-electron chi connectivity index (χ0n) is 14.8. The first kappa shape index (κ1) is 19.4. The Kier molecular flexibility index (Phi) is 5.08. The second-order valence-electron chi connectivity index (χ2n) is 6.06. The number of amides is 1. The molecule has 1 heterocycles. The second-order valence-corrected chi connectivity index (χ2v) is 6.06. The molecule has 2 aromatic carbocycles. The van der Waals surface area contributed by atoms with Crippen LogP contribution in [-0.4, -0.2) is 15.0 Å². The number of rotatable bonds is 4. The molecule has 0 atom stereocenters. The monoisotopic (exact) mass is 391 g/mol. The van der Waals surface area contributed by atoms with Crippen molar-refractivity contribution in [3.63, 3.8) is 0 Å². The van der Waals surface area contributed by atoms with Crippen LogP contribution in [0.5, 0.6) is 0 Å². The molecule has 3 aromatic rings. The molecule has 0 saturated carbocycles. The third kappa shape index (κ3) is 3.68. The molecular formula is C19H16F3N3O3. The topological polar surface area (TPSA) is 73.1 Å². The van der Waals surface area contributed by atoms with Crippen LogP contribution in [0.25, 0.3) is 10.9 Å². The molecule has 6 nitrogen and oxygen atoms in total. The molecule has 1 N–H and O–H groups in total. The summed E-state index contributed by atoms with van der Waals surface area (Å²) in [6, 6.07) is 10.6. The Morgan fingerprint density at radius 3 is 2.43 bits per heavy atom. The Labute approximate surface area is 156 Å². The number of halogens is 3. The third-order valence-corrected chi connectivity index (χ3v) is 4.22. The fourth-order valence-electron chi connectivity index (χ4n) is 2.93. The number of alkyl halides is 3. The average molecular weight is 391 g/mol. The number of anilines is 1. The van der Waals surface area contributed by atoms with Gasteiger partial charge in [-0.25, -0.2) is 4.79 Å².